The monoisotopic (exact) mass is 472 g/mol. The Morgan fingerprint density at radius 2 is 1.91 bits per heavy atom. The Morgan fingerprint density at radius 1 is 1.15 bits per heavy atom. The van der Waals surface area contributed by atoms with E-state index in [4.69, 9.17) is 28.7 Å². The van der Waals surface area contributed by atoms with Crippen LogP contribution < -0.4 is 23.8 Å². The summed E-state index contributed by atoms with van der Waals surface area (Å²) in [6.45, 7) is 3.57. The molecule has 3 aromatic rings. The van der Waals surface area contributed by atoms with Gasteiger partial charge in [-0.2, -0.15) is 0 Å². The summed E-state index contributed by atoms with van der Waals surface area (Å²) in [5.74, 6) is 1.75. The van der Waals surface area contributed by atoms with Crippen molar-refractivity contribution in [2.24, 2.45) is 0 Å². The average molecular weight is 473 g/mol. The molecule has 4 rings (SSSR count). The molecule has 176 valence electrons. The smallest absolute Gasteiger partial charge is 0.260 e. The lowest BCUT2D eigenvalue weighted by molar-refractivity contribution is 0.0917. The number of amides is 1. The van der Waals surface area contributed by atoms with Crippen LogP contribution in [0.5, 0.6) is 23.0 Å². The Bertz CT molecular complexity index is 1100. The lowest BCUT2D eigenvalue weighted by Crippen LogP contribution is -2.37. The third kappa shape index (κ3) is 4.69. The van der Waals surface area contributed by atoms with Crippen LogP contribution in [0.3, 0.4) is 0 Å². The van der Waals surface area contributed by atoms with Crippen molar-refractivity contribution in [3.8, 4) is 23.0 Å². The van der Waals surface area contributed by atoms with Crippen LogP contribution in [-0.4, -0.2) is 58.1 Å². The van der Waals surface area contributed by atoms with E-state index in [2.05, 4.69) is 0 Å². The molecule has 0 radical (unpaired) electrons. The van der Waals surface area contributed by atoms with Gasteiger partial charge in [0, 0.05) is 12.2 Å². The molecule has 33 heavy (non-hydrogen) atoms. The van der Waals surface area contributed by atoms with Gasteiger partial charge in [-0.15, -0.1) is 0 Å². The van der Waals surface area contributed by atoms with Gasteiger partial charge in [0.2, 0.25) is 5.75 Å². The van der Waals surface area contributed by atoms with Crippen LogP contribution in [-0.2, 0) is 4.74 Å². The predicted molar refractivity (Wildman–Crippen MR) is 128 cm³/mol. The zero-order valence-corrected chi connectivity index (χ0v) is 20.1. The predicted octanol–water partition coefficient (Wildman–Crippen LogP) is 4.55. The molecule has 0 saturated carbocycles. The van der Waals surface area contributed by atoms with E-state index < -0.39 is 0 Å². The van der Waals surface area contributed by atoms with Gasteiger partial charge in [0.15, 0.2) is 16.6 Å². The van der Waals surface area contributed by atoms with Crippen molar-refractivity contribution in [3.05, 3.63) is 35.9 Å². The second kappa shape index (κ2) is 10.3. The Morgan fingerprint density at radius 3 is 2.52 bits per heavy atom. The first-order valence-corrected chi connectivity index (χ1v) is 11.7. The maximum atomic E-state index is 13.8. The molecule has 1 fully saturated rings. The van der Waals surface area contributed by atoms with E-state index >= 15 is 0 Å². The number of methoxy groups -OCH3 is 3. The first-order chi connectivity index (χ1) is 16.1. The van der Waals surface area contributed by atoms with E-state index in [1.807, 2.05) is 25.1 Å². The van der Waals surface area contributed by atoms with E-state index in [0.717, 1.165) is 23.1 Å². The van der Waals surface area contributed by atoms with Crippen LogP contribution in [0.4, 0.5) is 5.13 Å². The van der Waals surface area contributed by atoms with Crippen LogP contribution in [0.1, 0.15) is 30.1 Å². The molecule has 1 atom stereocenters. The van der Waals surface area contributed by atoms with Crippen molar-refractivity contribution in [1.29, 1.82) is 0 Å². The minimum atomic E-state index is -0.221. The van der Waals surface area contributed by atoms with Crippen molar-refractivity contribution in [1.82, 2.24) is 4.98 Å². The average Bonchev–Trinajstić information content (AvgIpc) is 3.51. The summed E-state index contributed by atoms with van der Waals surface area (Å²) < 4.78 is 28.8. The Hall–Kier alpha value is -3.04. The highest BCUT2D eigenvalue weighted by Gasteiger charge is 2.29. The lowest BCUT2D eigenvalue weighted by Gasteiger charge is -2.24. The summed E-state index contributed by atoms with van der Waals surface area (Å²) in [5, 5.41) is 0.589. The number of hydrogen-bond acceptors (Lipinski definition) is 8. The van der Waals surface area contributed by atoms with Gasteiger partial charge < -0.3 is 23.7 Å². The fourth-order valence-corrected chi connectivity index (χ4v) is 4.89. The van der Waals surface area contributed by atoms with Crippen molar-refractivity contribution < 1.29 is 28.5 Å². The highest BCUT2D eigenvalue weighted by molar-refractivity contribution is 7.22. The summed E-state index contributed by atoms with van der Waals surface area (Å²) in [6.07, 6.45) is 1.83. The van der Waals surface area contributed by atoms with Gasteiger partial charge in [-0.25, -0.2) is 4.98 Å². The minimum Gasteiger partial charge on any atom is -0.493 e. The molecule has 8 nitrogen and oxygen atoms in total. The van der Waals surface area contributed by atoms with Crippen molar-refractivity contribution >= 4 is 32.6 Å². The number of thiazole rings is 1. The van der Waals surface area contributed by atoms with Gasteiger partial charge >= 0.3 is 0 Å². The molecule has 1 amide bonds. The number of hydrogen-bond donors (Lipinski definition) is 0. The van der Waals surface area contributed by atoms with Gasteiger partial charge in [-0.3, -0.25) is 9.69 Å². The Kier molecular flexibility index (Phi) is 7.20. The number of fused-ring (bicyclic) bond motifs is 1. The molecule has 0 spiro atoms. The van der Waals surface area contributed by atoms with Crippen molar-refractivity contribution in [2.45, 2.75) is 25.9 Å². The molecule has 1 aromatic heterocycles. The number of anilines is 1. The first-order valence-electron chi connectivity index (χ1n) is 10.8. The maximum Gasteiger partial charge on any atom is 0.260 e. The molecule has 1 aliphatic heterocycles. The third-order valence-electron chi connectivity index (χ3n) is 5.47. The normalized spacial score (nSPS) is 15.5. The fraction of sp³-hybridized carbons (Fsp3) is 0.417. The number of ether oxygens (including phenoxy) is 5. The van der Waals surface area contributed by atoms with Gasteiger partial charge in [0.1, 0.15) is 11.3 Å². The molecule has 0 N–H and O–H groups in total. The Labute approximate surface area is 197 Å². The molecule has 1 aliphatic rings. The summed E-state index contributed by atoms with van der Waals surface area (Å²) in [4.78, 5) is 20.3. The van der Waals surface area contributed by atoms with E-state index in [-0.39, 0.29) is 12.0 Å². The lowest BCUT2D eigenvalue weighted by atomic mass is 10.1. The molecule has 1 saturated heterocycles. The van der Waals surface area contributed by atoms with Gasteiger partial charge in [-0.1, -0.05) is 17.4 Å². The summed E-state index contributed by atoms with van der Waals surface area (Å²) in [7, 11) is 4.58. The standard InChI is InChI=1S/C24H28N2O6S/c1-5-31-17-9-6-10-20-21(17)25-24(33-20)26(14-16-8-7-11-32-16)23(27)15-12-18(28-2)22(30-4)19(13-15)29-3/h6,9-10,12-13,16H,5,7-8,11,14H2,1-4H3. The summed E-state index contributed by atoms with van der Waals surface area (Å²) >= 11 is 1.45. The number of carbonyl (C=O) groups excluding carboxylic acids is 1. The van der Waals surface area contributed by atoms with E-state index in [0.29, 0.717) is 53.5 Å². The van der Waals surface area contributed by atoms with E-state index in [1.165, 1.54) is 32.7 Å². The van der Waals surface area contributed by atoms with Gasteiger partial charge in [-0.05, 0) is 44.0 Å². The quantitative estimate of drug-likeness (QED) is 0.452. The largest absolute Gasteiger partial charge is 0.493 e. The minimum absolute atomic E-state index is 0.0469. The van der Waals surface area contributed by atoms with Gasteiger partial charge in [0.25, 0.3) is 5.91 Å². The van der Waals surface area contributed by atoms with Crippen LogP contribution >= 0.6 is 11.3 Å². The van der Waals surface area contributed by atoms with Crippen LogP contribution in [0.2, 0.25) is 0 Å². The topological polar surface area (TPSA) is 79.4 Å². The number of carbonyl (C=O) groups is 1. The van der Waals surface area contributed by atoms with Gasteiger partial charge in [0.05, 0.1) is 45.3 Å². The van der Waals surface area contributed by atoms with E-state index in [9.17, 15) is 4.79 Å². The SMILES string of the molecule is CCOc1cccc2sc(N(CC3CCCO3)C(=O)c3cc(OC)c(OC)c(OC)c3)nc12. The molecule has 2 aromatic carbocycles. The molecular formula is C24H28N2O6S. The fourth-order valence-electron chi connectivity index (χ4n) is 3.90. The van der Waals surface area contributed by atoms with Crippen LogP contribution in [0, 0.1) is 0 Å². The van der Waals surface area contributed by atoms with Crippen LogP contribution in [0.25, 0.3) is 10.2 Å². The zero-order valence-electron chi connectivity index (χ0n) is 19.3. The molecule has 9 heteroatoms. The first kappa shape index (κ1) is 23.1. The molecule has 2 heterocycles. The van der Waals surface area contributed by atoms with Crippen molar-refractivity contribution in [3.63, 3.8) is 0 Å². The molecule has 0 bridgehead atoms. The second-order valence-electron chi connectivity index (χ2n) is 7.50. The zero-order chi connectivity index (χ0) is 23.4. The second-order valence-corrected chi connectivity index (χ2v) is 8.51. The summed E-state index contributed by atoms with van der Waals surface area (Å²) in [5.41, 5.74) is 1.15. The number of para-hydroxylation sites is 1. The number of aromatic nitrogens is 1. The molecular weight excluding hydrogens is 444 g/mol. The molecule has 0 aliphatic carbocycles. The highest BCUT2D eigenvalue weighted by Crippen LogP contribution is 2.40. The van der Waals surface area contributed by atoms with E-state index in [1.54, 1.807) is 17.0 Å². The maximum absolute atomic E-state index is 13.8. The highest BCUT2D eigenvalue weighted by atomic mass is 32.1. The number of benzene rings is 2. The van der Waals surface area contributed by atoms with Crippen molar-refractivity contribution in [2.75, 3.05) is 46.0 Å². The number of nitrogens with zero attached hydrogens (tertiary/aromatic N) is 2. The molecule has 1 unspecified atom stereocenters. The summed E-state index contributed by atoms with van der Waals surface area (Å²) in [6, 6.07) is 9.12. The Balaban J connectivity index is 1.77. The van der Waals surface area contributed by atoms with Crippen LogP contribution in [0.15, 0.2) is 30.3 Å². The third-order valence-corrected chi connectivity index (χ3v) is 6.51. The number of rotatable bonds is 9.